The van der Waals surface area contributed by atoms with Gasteiger partial charge in [0.2, 0.25) is 0 Å². The van der Waals surface area contributed by atoms with Gasteiger partial charge in [-0.2, -0.15) is 0 Å². The summed E-state index contributed by atoms with van der Waals surface area (Å²) in [7, 11) is -1.08. The van der Waals surface area contributed by atoms with Crippen molar-refractivity contribution in [3.05, 3.63) is 34.9 Å². The van der Waals surface area contributed by atoms with Crippen molar-refractivity contribution >= 4 is 27.4 Å². The predicted molar refractivity (Wildman–Crippen MR) is 99.6 cm³/mol. The van der Waals surface area contributed by atoms with Crippen LogP contribution in [0.1, 0.15) is 5.56 Å². The van der Waals surface area contributed by atoms with Gasteiger partial charge in [-0.1, -0.05) is 29.8 Å². The van der Waals surface area contributed by atoms with E-state index in [0.717, 1.165) is 42.6 Å². The number of halogens is 1. The summed E-state index contributed by atoms with van der Waals surface area (Å²) >= 11 is 6.14. The molecule has 24 heavy (non-hydrogen) atoms. The van der Waals surface area contributed by atoms with E-state index in [2.05, 4.69) is 20.5 Å². The number of hydrogen-bond donors (Lipinski definition) is 2. The zero-order chi connectivity index (χ0) is 17.4. The van der Waals surface area contributed by atoms with E-state index in [-0.39, 0.29) is 11.5 Å². The van der Waals surface area contributed by atoms with Gasteiger partial charge in [0.05, 0.1) is 11.5 Å². The minimum atomic E-state index is -2.81. The molecule has 2 N–H and O–H groups in total. The molecule has 0 unspecified atom stereocenters. The Labute approximate surface area is 149 Å². The maximum Gasteiger partial charge on any atom is 0.191 e. The fourth-order valence-corrected chi connectivity index (χ4v) is 4.05. The molecule has 0 saturated carbocycles. The molecule has 1 aliphatic rings. The number of hydrogen-bond acceptors (Lipinski definition) is 4. The van der Waals surface area contributed by atoms with Crippen LogP contribution in [0.15, 0.2) is 29.3 Å². The van der Waals surface area contributed by atoms with Crippen molar-refractivity contribution in [2.75, 3.05) is 51.3 Å². The number of nitrogens with one attached hydrogen (secondary N) is 2. The number of rotatable bonds is 6. The molecule has 1 aliphatic heterocycles. The van der Waals surface area contributed by atoms with Crippen molar-refractivity contribution in [1.82, 2.24) is 15.5 Å². The quantitative estimate of drug-likeness (QED) is 0.570. The smallest absolute Gasteiger partial charge is 0.191 e. The summed E-state index contributed by atoms with van der Waals surface area (Å²) in [4.78, 5) is 6.35. The average Bonchev–Trinajstić information content (AvgIpc) is 2.56. The van der Waals surface area contributed by atoms with Crippen molar-refractivity contribution < 1.29 is 8.42 Å². The molecule has 8 heteroatoms. The van der Waals surface area contributed by atoms with Gasteiger partial charge in [-0.25, -0.2) is 8.42 Å². The van der Waals surface area contributed by atoms with E-state index < -0.39 is 9.84 Å². The second-order valence-corrected chi connectivity index (χ2v) is 8.47. The van der Waals surface area contributed by atoms with E-state index >= 15 is 0 Å². The lowest BCUT2D eigenvalue weighted by atomic mass is 10.1. The van der Waals surface area contributed by atoms with Gasteiger partial charge in [0.1, 0.15) is 0 Å². The summed E-state index contributed by atoms with van der Waals surface area (Å²) < 4.78 is 22.8. The second kappa shape index (κ2) is 9.25. The lowest BCUT2D eigenvalue weighted by Gasteiger charge is -2.26. The Bertz CT molecular complexity index is 650. The van der Waals surface area contributed by atoms with Crippen molar-refractivity contribution in [3.63, 3.8) is 0 Å². The molecule has 1 aromatic carbocycles. The molecule has 2 rings (SSSR count). The van der Waals surface area contributed by atoms with E-state index in [0.29, 0.717) is 13.1 Å². The van der Waals surface area contributed by atoms with E-state index in [4.69, 9.17) is 11.6 Å². The van der Waals surface area contributed by atoms with Crippen LogP contribution in [0.25, 0.3) is 0 Å². The van der Waals surface area contributed by atoms with Gasteiger partial charge in [-0.15, -0.1) is 0 Å². The Morgan fingerprint density at radius 3 is 2.54 bits per heavy atom. The molecule has 0 amide bonds. The van der Waals surface area contributed by atoms with Crippen molar-refractivity contribution in [1.29, 1.82) is 0 Å². The Morgan fingerprint density at radius 2 is 1.88 bits per heavy atom. The molecule has 0 aliphatic carbocycles. The zero-order valence-electron chi connectivity index (χ0n) is 14.0. The first-order valence-corrected chi connectivity index (χ1v) is 10.3. The van der Waals surface area contributed by atoms with Gasteiger partial charge >= 0.3 is 0 Å². The summed E-state index contributed by atoms with van der Waals surface area (Å²) in [6, 6.07) is 7.81. The fourth-order valence-electron chi connectivity index (χ4n) is 2.54. The summed E-state index contributed by atoms with van der Waals surface area (Å²) in [6.07, 6.45) is 0.824. The number of benzene rings is 1. The van der Waals surface area contributed by atoms with Gasteiger partial charge in [0.15, 0.2) is 15.8 Å². The molecule has 0 atom stereocenters. The maximum absolute atomic E-state index is 11.4. The fraction of sp³-hybridized carbons (Fsp3) is 0.562. The third-order valence-electron chi connectivity index (χ3n) is 4.03. The van der Waals surface area contributed by atoms with Gasteiger partial charge in [0, 0.05) is 44.8 Å². The largest absolute Gasteiger partial charge is 0.356 e. The minimum absolute atomic E-state index is 0.262. The zero-order valence-corrected chi connectivity index (χ0v) is 15.5. The van der Waals surface area contributed by atoms with Crippen LogP contribution in [0.2, 0.25) is 5.02 Å². The molecule has 0 aromatic heterocycles. The Balaban J connectivity index is 1.65. The van der Waals surface area contributed by atoms with E-state index in [1.807, 2.05) is 24.3 Å². The number of sulfone groups is 1. The van der Waals surface area contributed by atoms with Crippen LogP contribution >= 0.6 is 11.6 Å². The molecule has 1 heterocycles. The number of guanidine groups is 1. The predicted octanol–water partition coefficient (Wildman–Crippen LogP) is 0.778. The Hall–Kier alpha value is -1.31. The van der Waals surface area contributed by atoms with Crippen LogP contribution < -0.4 is 10.6 Å². The molecule has 1 fully saturated rings. The maximum atomic E-state index is 11.4. The van der Waals surface area contributed by atoms with E-state index in [1.165, 1.54) is 0 Å². The highest BCUT2D eigenvalue weighted by atomic mass is 35.5. The average molecular weight is 373 g/mol. The van der Waals surface area contributed by atoms with Crippen LogP contribution in [0, 0.1) is 0 Å². The van der Waals surface area contributed by atoms with Crippen LogP contribution in [0.4, 0.5) is 0 Å². The van der Waals surface area contributed by atoms with Crippen molar-refractivity contribution in [2.45, 2.75) is 6.42 Å². The van der Waals surface area contributed by atoms with Crippen LogP contribution in [-0.2, 0) is 16.3 Å². The summed E-state index contributed by atoms with van der Waals surface area (Å²) in [6.45, 7) is 3.50. The van der Waals surface area contributed by atoms with E-state index in [1.54, 1.807) is 7.05 Å². The highest BCUT2D eigenvalue weighted by Crippen LogP contribution is 2.14. The highest BCUT2D eigenvalue weighted by Gasteiger charge is 2.20. The summed E-state index contributed by atoms with van der Waals surface area (Å²) in [5.41, 5.74) is 1.11. The molecule has 0 bridgehead atoms. The lowest BCUT2D eigenvalue weighted by molar-refractivity contribution is 0.299. The summed E-state index contributed by atoms with van der Waals surface area (Å²) in [5, 5.41) is 7.29. The highest BCUT2D eigenvalue weighted by molar-refractivity contribution is 7.91. The van der Waals surface area contributed by atoms with Crippen LogP contribution in [0.3, 0.4) is 0 Å². The second-order valence-electron chi connectivity index (χ2n) is 5.76. The van der Waals surface area contributed by atoms with E-state index in [9.17, 15) is 8.42 Å². The topological polar surface area (TPSA) is 73.8 Å². The first-order chi connectivity index (χ1) is 11.5. The van der Waals surface area contributed by atoms with Gasteiger partial charge in [-0.05, 0) is 18.1 Å². The lowest BCUT2D eigenvalue weighted by Crippen LogP contribution is -2.46. The minimum Gasteiger partial charge on any atom is -0.356 e. The monoisotopic (exact) mass is 372 g/mol. The Kier molecular flexibility index (Phi) is 7.33. The normalized spacial score (nSPS) is 18.3. The molecule has 1 saturated heterocycles. The first kappa shape index (κ1) is 19.0. The molecular weight excluding hydrogens is 348 g/mol. The third-order valence-corrected chi connectivity index (χ3v) is 6.00. The van der Waals surface area contributed by atoms with Crippen LogP contribution in [0.5, 0.6) is 0 Å². The third kappa shape index (κ3) is 6.30. The molecule has 6 nitrogen and oxygen atoms in total. The van der Waals surface area contributed by atoms with Gasteiger partial charge in [-0.3, -0.25) is 9.89 Å². The molecular formula is C16H25ClN4O2S. The van der Waals surface area contributed by atoms with Gasteiger partial charge < -0.3 is 10.6 Å². The first-order valence-electron chi connectivity index (χ1n) is 8.11. The van der Waals surface area contributed by atoms with Gasteiger partial charge in [0.25, 0.3) is 0 Å². The SMILES string of the molecule is CN=C(NCCc1ccccc1Cl)NCCN1CCS(=O)(=O)CC1. The molecule has 1 aromatic rings. The van der Waals surface area contributed by atoms with Crippen LogP contribution in [-0.4, -0.2) is 70.6 Å². The molecule has 0 spiro atoms. The summed E-state index contributed by atoms with van der Waals surface area (Å²) in [5.74, 6) is 1.27. The number of nitrogens with zero attached hydrogens (tertiary/aromatic N) is 2. The van der Waals surface area contributed by atoms with Crippen molar-refractivity contribution in [3.8, 4) is 0 Å². The van der Waals surface area contributed by atoms with Crippen molar-refractivity contribution in [2.24, 2.45) is 4.99 Å². The Morgan fingerprint density at radius 1 is 1.21 bits per heavy atom. The molecule has 0 radical (unpaired) electrons. The molecule has 134 valence electrons. The standard InChI is InChI=1S/C16H25ClN4O2S/c1-18-16(19-7-6-14-4-2-3-5-15(14)17)20-8-9-21-10-12-24(22,23)13-11-21/h2-5H,6-13H2,1H3,(H2,18,19,20). The number of aliphatic imine (C=N–C) groups is 1.